The van der Waals surface area contributed by atoms with E-state index in [1.54, 1.807) is 0 Å². The molecule has 4 N–H and O–H groups in total. The van der Waals surface area contributed by atoms with Gasteiger partial charge in [0.05, 0.1) is 0 Å². The van der Waals surface area contributed by atoms with Gasteiger partial charge in [0.15, 0.2) is 0 Å². The molecule has 0 radical (unpaired) electrons. The summed E-state index contributed by atoms with van der Waals surface area (Å²) in [4.78, 5) is 20.4. The second-order valence-corrected chi connectivity index (χ2v) is 7.06. The molecule has 0 bridgehead atoms. The Morgan fingerprint density at radius 3 is 1.16 bits per heavy atom. The van der Waals surface area contributed by atoms with Crippen molar-refractivity contribution in [2.24, 2.45) is 5.73 Å². The van der Waals surface area contributed by atoms with Gasteiger partial charge in [0.2, 0.25) is 0 Å². The summed E-state index contributed by atoms with van der Waals surface area (Å²) in [6.45, 7) is 8.96. The van der Waals surface area contributed by atoms with E-state index < -0.39 is 24.3 Å². The summed E-state index contributed by atoms with van der Waals surface area (Å²) in [5.41, 5.74) is 5.69. The predicted octanol–water partition coefficient (Wildman–Crippen LogP) is 5.45. The summed E-state index contributed by atoms with van der Waals surface area (Å²) in [6, 6.07) is 0. The van der Waals surface area contributed by atoms with Crippen LogP contribution < -0.4 is 5.73 Å². The minimum atomic E-state index is -5.08. The lowest BCUT2D eigenvalue weighted by Gasteiger charge is -2.21. The third-order valence-corrected chi connectivity index (χ3v) is 4.09. The molecule has 12 heteroatoms. The fourth-order valence-corrected chi connectivity index (χ4v) is 2.40. The van der Waals surface area contributed by atoms with Crippen LogP contribution in [0.5, 0.6) is 0 Å². The van der Waals surface area contributed by atoms with Crippen molar-refractivity contribution in [3.8, 4) is 0 Å². The third kappa shape index (κ3) is 28.4. The second-order valence-electron chi connectivity index (χ2n) is 7.06. The van der Waals surface area contributed by atoms with Crippen LogP contribution in [0.2, 0.25) is 0 Å². The lowest BCUT2D eigenvalue weighted by atomic mass is 10.1. The molecular weight excluding hydrogens is 446 g/mol. The molecule has 0 aliphatic carbocycles. The van der Waals surface area contributed by atoms with Crippen molar-refractivity contribution in [2.75, 3.05) is 26.2 Å². The Morgan fingerprint density at radius 2 is 0.938 bits per heavy atom. The minimum Gasteiger partial charge on any atom is -0.475 e. The first-order valence-corrected chi connectivity index (χ1v) is 10.8. The molecule has 0 spiro atoms. The van der Waals surface area contributed by atoms with Crippen LogP contribution in [0.4, 0.5) is 26.3 Å². The van der Waals surface area contributed by atoms with Crippen molar-refractivity contribution in [2.45, 2.75) is 90.4 Å². The Hall–Kier alpha value is -1.56. The molecule has 0 fully saturated rings. The summed E-state index contributed by atoms with van der Waals surface area (Å²) in [6.07, 6.45) is 3.61. The number of halogens is 6. The average molecular weight is 485 g/mol. The first-order valence-electron chi connectivity index (χ1n) is 10.8. The van der Waals surface area contributed by atoms with E-state index in [4.69, 9.17) is 25.5 Å². The second kappa shape index (κ2) is 21.3. The number of carboxylic acid groups (broad SMARTS) is 2. The van der Waals surface area contributed by atoms with Gasteiger partial charge in [-0.2, -0.15) is 26.3 Å². The number of unbranched alkanes of at least 4 members (excludes halogenated alkanes) is 8. The molecule has 0 aliphatic heterocycles. The van der Waals surface area contributed by atoms with Gasteiger partial charge in [0, 0.05) is 13.1 Å². The maximum Gasteiger partial charge on any atom is 0.490 e. The van der Waals surface area contributed by atoms with Crippen LogP contribution in [0, 0.1) is 0 Å². The highest BCUT2D eigenvalue weighted by Crippen LogP contribution is 2.13. The summed E-state index contributed by atoms with van der Waals surface area (Å²) in [5, 5.41) is 14.2. The number of carbonyl (C=O) groups is 2. The maximum atomic E-state index is 10.6. The number of rotatable bonds is 14. The number of alkyl halides is 6. The fourth-order valence-electron chi connectivity index (χ4n) is 2.40. The molecule has 0 amide bonds. The molecule has 0 aliphatic rings. The molecule has 0 saturated carbocycles. The van der Waals surface area contributed by atoms with Crippen LogP contribution in [-0.4, -0.2) is 65.6 Å². The van der Waals surface area contributed by atoms with E-state index >= 15 is 0 Å². The summed E-state index contributed by atoms with van der Waals surface area (Å²) in [7, 11) is 0. The van der Waals surface area contributed by atoms with Gasteiger partial charge in [-0.3, -0.25) is 0 Å². The summed E-state index contributed by atoms with van der Waals surface area (Å²) >= 11 is 0. The van der Waals surface area contributed by atoms with Crippen molar-refractivity contribution in [3.63, 3.8) is 0 Å². The van der Waals surface area contributed by atoms with Crippen LogP contribution in [0.3, 0.4) is 0 Å². The molecule has 6 nitrogen and oxygen atoms in total. The van der Waals surface area contributed by atoms with E-state index in [1.165, 1.54) is 77.3 Å². The summed E-state index contributed by atoms with van der Waals surface area (Å²) < 4.78 is 63.5. The lowest BCUT2D eigenvalue weighted by molar-refractivity contribution is -0.193. The third-order valence-electron chi connectivity index (χ3n) is 4.09. The van der Waals surface area contributed by atoms with E-state index in [0.29, 0.717) is 0 Å². The van der Waals surface area contributed by atoms with Gasteiger partial charge in [0.1, 0.15) is 0 Å². The van der Waals surface area contributed by atoms with Crippen LogP contribution >= 0.6 is 0 Å². The number of nitrogens with zero attached hydrogens (tertiary/aromatic N) is 1. The molecule has 0 aromatic heterocycles. The molecule has 0 saturated heterocycles. The Bertz CT molecular complexity index is 422. The number of hydrogen-bond acceptors (Lipinski definition) is 4. The zero-order valence-electron chi connectivity index (χ0n) is 18.9. The van der Waals surface area contributed by atoms with E-state index in [9.17, 15) is 26.3 Å². The highest BCUT2D eigenvalue weighted by atomic mass is 19.4. The lowest BCUT2D eigenvalue weighted by Crippen LogP contribution is -2.31. The van der Waals surface area contributed by atoms with Gasteiger partial charge in [-0.15, -0.1) is 0 Å². The zero-order chi connectivity index (χ0) is 25.6. The first-order chi connectivity index (χ1) is 14.7. The number of hydrogen-bond donors (Lipinski definition) is 3. The molecular formula is C20H38F6N2O4. The molecule has 0 atom stereocenters. The van der Waals surface area contributed by atoms with Crippen molar-refractivity contribution in [1.82, 2.24) is 4.90 Å². The maximum absolute atomic E-state index is 10.6. The molecule has 0 unspecified atom stereocenters. The van der Waals surface area contributed by atoms with Gasteiger partial charge in [-0.05, 0) is 25.9 Å². The largest absolute Gasteiger partial charge is 0.490 e. The first kappa shape index (κ1) is 35.0. The monoisotopic (exact) mass is 484 g/mol. The van der Waals surface area contributed by atoms with Crippen LogP contribution in [0.15, 0.2) is 0 Å². The molecule has 0 aromatic rings. The van der Waals surface area contributed by atoms with Crippen molar-refractivity contribution in [3.05, 3.63) is 0 Å². The van der Waals surface area contributed by atoms with Crippen molar-refractivity contribution in [1.29, 1.82) is 0 Å². The van der Waals surface area contributed by atoms with Crippen molar-refractivity contribution < 1.29 is 46.1 Å². The topological polar surface area (TPSA) is 104 Å². The SMILES string of the molecule is CCCCCCCN(CCN)CCCCCCC.O=C(O)C(F)(F)F.O=C(O)C(F)(F)F. The smallest absolute Gasteiger partial charge is 0.475 e. The van der Waals surface area contributed by atoms with E-state index in [1.807, 2.05) is 0 Å². The standard InChI is InChI=1S/C16H36N2.2C2HF3O2/c1-3-5-7-9-11-14-18(16-13-17)15-12-10-8-6-4-2;2*3-2(4,5)1(6)7/h3-17H2,1-2H3;2*(H,6,7). The van der Waals surface area contributed by atoms with Crippen LogP contribution in [-0.2, 0) is 9.59 Å². The Balaban J connectivity index is -0.000000491. The Morgan fingerprint density at radius 1 is 0.656 bits per heavy atom. The van der Waals surface area contributed by atoms with Gasteiger partial charge in [-0.25, -0.2) is 9.59 Å². The average Bonchev–Trinajstić information content (AvgIpc) is 2.67. The quantitative estimate of drug-likeness (QED) is 0.224. The number of aliphatic carboxylic acids is 2. The zero-order valence-corrected chi connectivity index (χ0v) is 18.9. The minimum absolute atomic E-state index is 0.809. The molecule has 0 rings (SSSR count). The normalized spacial score (nSPS) is 11.3. The van der Waals surface area contributed by atoms with Crippen molar-refractivity contribution >= 4 is 11.9 Å². The molecule has 194 valence electrons. The van der Waals surface area contributed by atoms with Crippen LogP contribution in [0.1, 0.15) is 78.1 Å². The highest BCUT2D eigenvalue weighted by Gasteiger charge is 2.38. The molecule has 0 aromatic carbocycles. The van der Waals surface area contributed by atoms with Gasteiger partial charge < -0.3 is 20.8 Å². The number of carboxylic acids is 2. The Labute approximate surface area is 186 Å². The van der Waals surface area contributed by atoms with E-state index in [0.717, 1.165) is 13.1 Å². The molecule has 32 heavy (non-hydrogen) atoms. The highest BCUT2D eigenvalue weighted by molar-refractivity contribution is 5.73. The Kier molecular flexibility index (Phi) is 23.3. The predicted molar refractivity (Wildman–Crippen MR) is 110 cm³/mol. The van der Waals surface area contributed by atoms with Gasteiger partial charge >= 0.3 is 24.3 Å². The number of nitrogens with two attached hydrogens (primary N) is 1. The fraction of sp³-hybridized carbons (Fsp3) is 0.900. The van der Waals surface area contributed by atoms with E-state index in [2.05, 4.69) is 18.7 Å². The molecule has 0 heterocycles. The van der Waals surface area contributed by atoms with Crippen LogP contribution in [0.25, 0.3) is 0 Å². The van der Waals surface area contributed by atoms with Gasteiger partial charge in [-0.1, -0.05) is 65.2 Å². The van der Waals surface area contributed by atoms with Gasteiger partial charge in [0.25, 0.3) is 0 Å². The summed E-state index contributed by atoms with van der Waals surface area (Å²) in [5.74, 6) is -5.51. The van der Waals surface area contributed by atoms with E-state index in [-0.39, 0.29) is 0 Å².